The fourth-order valence-corrected chi connectivity index (χ4v) is 1.49. The van der Waals surface area contributed by atoms with Gasteiger partial charge in [0.1, 0.15) is 11.6 Å². The second kappa shape index (κ2) is 6.35. The quantitative estimate of drug-likeness (QED) is 0.761. The van der Waals surface area contributed by atoms with E-state index < -0.39 is 6.04 Å². The second-order valence-corrected chi connectivity index (χ2v) is 3.45. The lowest BCUT2D eigenvalue weighted by molar-refractivity contribution is -0.119. The van der Waals surface area contributed by atoms with Crippen LogP contribution in [0.4, 0.5) is 0 Å². The van der Waals surface area contributed by atoms with Crippen LogP contribution in [0.1, 0.15) is 11.6 Å². The van der Waals surface area contributed by atoms with Crippen molar-refractivity contribution in [3.63, 3.8) is 0 Å². The molecule has 88 valence electrons. The minimum absolute atomic E-state index is 0.133. The van der Waals surface area contributed by atoms with Crippen LogP contribution in [-0.4, -0.2) is 30.6 Å². The average molecular weight is 244 g/mol. The summed E-state index contributed by atoms with van der Waals surface area (Å²) in [6, 6.07) is 6.69. The molecule has 0 aromatic heterocycles. The van der Waals surface area contributed by atoms with Gasteiger partial charge in [0.15, 0.2) is 0 Å². The maximum Gasteiger partial charge on any atom is 0.235 e. The van der Waals surface area contributed by atoms with E-state index in [9.17, 15) is 9.90 Å². The summed E-state index contributed by atoms with van der Waals surface area (Å²) in [7, 11) is 1.54. The van der Waals surface area contributed by atoms with Crippen molar-refractivity contribution in [3.8, 4) is 5.75 Å². The Kier molecular flexibility index (Phi) is 5.08. The molecule has 1 aromatic rings. The number of para-hydroxylation sites is 1. The number of aliphatic hydroxyl groups is 1. The van der Waals surface area contributed by atoms with Gasteiger partial charge in [0, 0.05) is 5.56 Å². The molecule has 1 amide bonds. The highest BCUT2D eigenvalue weighted by Crippen LogP contribution is 2.24. The second-order valence-electron chi connectivity index (χ2n) is 3.18. The Morgan fingerprint density at radius 2 is 2.25 bits per heavy atom. The van der Waals surface area contributed by atoms with Gasteiger partial charge in [-0.25, -0.2) is 0 Å². The summed E-state index contributed by atoms with van der Waals surface area (Å²) in [6.45, 7) is -0.205. The molecule has 0 unspecified atom stereocenters. The number of halogens is 1. The van der Waals surface area contributed by atoms with Crippen LogP contribution < -0.4 is 10.1 Å². The van der Waals surface area contributed by atoms with E-state index in [2.05, 4.69) is 5.32 Å². The van der Waals surface area contributed by atoms with Gasteiger partial charge in [-0.05, 0) is 6.07 Å². The van der Waals surface area contributed by atoms with Crippen molar-refractivity contribution in [1.82, 2.24) is 5.32 Å². The average Bonchev–Trinajstić information content (AvgIpc) is 2.35. The molecule has 1 rings (SSSR count). The topological polar surface area (TPSA) is 58.6 Å². The molecular formula is C11H14ClNO3. The van der Waals surface area contributed by atoms with Crippen molar-refractivity contribution in [3.05, 3.63) is 29.8 Å². The van der Waals surface area contributed by atoms with Crippen LogP contribution >= 0.6 is 11.6 Å². The van der Waals surface area contributed by atoms with Crippen molar-refractivity contribution in [2.45, 2.75) is 6.04 Å². The third-order valence-electron chi connectivity index (χ3n) is 2.15. The maximum atomic E-state index is 11.2. The highest BCUT2D eigenvalue weighted by Gasteiger charge is 2.16. The highest BCUT2D eigenvalue weighted by molar-refractivity contribution is 6.27. The number of nitrogens with one attached hydrogen (secondary N) is 1. The minimum atomic E-state index is -0.498. The zero-order valence-electron chi connectivity index (χ0n) is 8.94. The first-order valence-corrected chi connectivity index (χ1v) is 5.35. The summed E-state index contributed by atoms with van der Waals surface area (Å²) in [6.07, 6.45) is 0. The molecule has 0 aliphatic heterocycles. The smallest absolute Gasteiger partial charge is 0.235 e. The van der Waals surface area contributed by atoms with Gasteiger partial charge in [-0.1, -0.05) is 18.2 Å². The molecule has 0 fully saturated rings. The predicted molar refractivity (Wildman–Crippen MR) is 61.7 cm³/mol. The third-order valence-corrected chi connectivity index (χ3v) is 2.40. The lowest BCUT2D eigenvalue weighted by Gasteiger charge is -2.18. The Morgan fingerprint density at radius 3 is 2.81 bits per heavy atom. The molecule has 0 radical (unpaired) electrons. The minimum Gasteiger partial charge on any atom is -0.496 e. The normalized spacial score (nSPS) is 11.9. The lowest BCUT2D eigenvalue weighted by atomic mass is 10.1. The van der Waals surface area contributed by atoms with Crippen molar-refractivity contribution in [2.75, 3.05) is 19.6 Å². The van der Waals surface area contributed by atoms with Crippen LogP contribution in [0.15, 0.2) is 24.3 Å². The number of amides is 1. The molecule has 5 heteroatoms. The van der Waals surface area contributed by atoms with E-state index in [4.69, 9.17) is 16.3 Å². The molecule has 0 aliphatic rings. The highest BCUT2D eigenvalue weighted by atomic mass is 35.5. The SMILES string of the molecule is COc1ccccc1[C@@H](CO)NC(=O)CCl. The van der Waals surface area contributed by atoms with E-state index in [0.29, 0.717) is 5.75 Å². The zero-order chi connectivity index (χ0) is 12.0. The number of carbonyl (C=O) groups excluding carboxylic acids is 1. The number of aliphatic hydroxyl groups excluding tert-OH is 1. The fourth-order valence-electron chi connectivity index (χ4n) is 1.41. The van der Waals surface area contributed by atoms with E-state index in [1.807, 2.05) is 12.1 Å². The van der Waals surface area contributed by atoms with E-state index in [1.54, 1.807) is 12.1 Å². The van der Waals surface area contributed by atoms with Gasteiger partial charge in [-0.3, -0.25) is 4.79 Å². The van der Waals surface area contributed by atoms with Gasteiger partial charge in [0.05, 0.1) is 19.8 Å². The monoisotopic (exact) mass is 243 g/mol. The first-order valence-electron chi connectivity index (χ1n) is 4.82. The van der Waals surface area contributed by atoms with E-state index >= 15 is 0 Å². The number of hydrogen-bond donors (Lipinski definition) is 2. The molecule has 1 atom stereocenters. The Bertz CT molecular complexity index is 357. The molecule has 16 heavy (non-hydrogen) atoms. The number of carbonyl (C=O) groups is 1. The molecule has 2 N–H and O–H groups in total. The lowest BCUT2D eigenvalue weighted by Crippen LogP contribution is -2.31. The molecule has 0 saturated heterocycles. The van der Waals surface area contributed by atoms with Gasteiger partial charge in [-0.15, -0.1) is 11.6 Å². The van der Waals surface area contributed by atoms with Crippen LogP contribution in [-0.2, 0) is 4.79 Å². The molecule has 0 spiro atoms. The Morgan fingerprint density at radius 1 is 1.56 bits per heavy atom. The van der Waals surface area contributed by atoms with Crippen molar-refractivity contribution in [1.29, 1.82) is 0 Å². The summed E-state index contributed by atoms with van der Waals surface area (Å²) < 4.78 is 5.15. The number of alkyl halides is 1. The van der Waals surface area contributed by atoms with Gasteiger partial charge in [0.25, 0.3) is 0 Å². The molecule has 0 bridgehead atoms. The number of ether oxygens (including phenoxy) is 1. The standard InChI is InChI=1S/C11H14ClNO3/c1-16-10-5-3-2-4-8(10)9(7-14)13-11(15)6-12/h2-5,9,14H,6-7H2,1H3,(H,13,15)/t9-/m1/s1. The Hall–Kier alpha value is -1.26. The van der Waals surface area contributed by atoms with E-state index in [0.717, 1.165) is 5.56 Å². The van der Waals surface area contributed by atoms with Crippen molar-refractivity contribution >= 4 is 17.5 Å². The summed E-state index contributed by atoms with van der Waals surface area (Å²) in [5.41, 5.74) is 0.728. The number of hydrogen-bond acceptors (Lipinski definition) is 3. The summed E-state index contributed by atoms with van der Waals surface area (Å²) in [4.78, 5) is 11.2. The molecular weight excluding hydrogens is 230 g/mol. The van der Waals surface area contributed by atoms with Gasteiger partial charge in [-0.2, -0.15) is 0 Å². The zero-order valence-corrected chi connectivity index (χ0v) is 9.70. The van der Waals surface area contributed by atoms with E-state index in [-0.39, 0.29) is 18.4 Å². The fraction of sp³-hybridized carbons (Fsp3) is 0.364. The predicted octanol–water partition coefficient (Wildman–Crippen LogP) is 1.08. The number of methoxy groups -OCH3 is 1. The summed E-state index contributed by atoms with van der Waals surface area (Å²) in [5, 5.41) is 11.8. The van der Waals surface area contributed by atoms with Gasteiger partial charge >= 0.3 is 0 Å². The van der Waals surface area contributed by atoms with Gasteiger partial charge < -0.3 is 15.2 Å². The first kappa shape index (κ1) is 12.8. The summed E-state index contributed by atoms with van der Waals surface area (Å²) >= 11 is 5.39. The third kappa shape index (κ3) is 3.12. The molecule has 0 aliphatic carbocycles. The van der Waals surface area contributed by atoms with Crippen molar-refractivity contribution < 1.29 is 14.6 Å². The Balaban J connectivity index is 2.89. The van der Waals surface area contributed by atoms with Crippen LogP contribution in [0.5, 0.6) is 5.75 Å². The number of rotatable bonds is 5. The van der Waals surface area contributed by atoms with Crippen molar-refractivity contribution in [2.24, 2.45) is 0 Å². The largest absolute Gasteiger partial charge is 0.496 e. The van der Waals surface area contributed by atoms with Gasteiger partial charge in [0.2, 0.25) is 5.91 Å². The maximum absolute atomic E-state index is 11.2. The number of benzene rings is 1. The Labute approximate surface area is 99.2 Å². The van der Waals surface area contributed by atoms with Crippen LogP contribution in [0, 0.1) is 0 Å². The van der Waals surface area contributed by atoms with Crippen LogP contribution in [0.25, 0.3) is 0 Å². The van der Waals surface area contributed by atoms with Crippen LogP contribution in [0.2, 0.25) is 0 Å². The molecule has 0 saturated carbocycles. The van der Waals surface area contributed by atoms with E-state index in [1.165, 1.54) is 7.11 Å². The summed E-state index contributed by atoms with van der Waals surface area (Å²) in [5.74, 6) is 0.161. The molecule has 4 nitrogen and oxygen atoms in total. The first-order chi connectivity index (χ1) is 7.72. The molecule has 0 heterocycles. The molecule has 1 aromatic carbocycles. The van der Waals surface area contributed by atoms with Crippen LogP contribution in [0.3, 0.4) is 0 Å².